The van der Waals surface area contributed by atoms with Crippen LogP contribution in [0.15, 0.2) is 47.6 Å². The average molecular weight is 374 g/mol. The summed E-state index contributed by atoms with van der Waals surface area (Å²) in [5, 5.41) is 18.1. The maximum Gasteiger partial charge on any atom is 0.292 e. The van der Waals surface area contributed by atoms with Gasteiger partial charge in [-0.1, -0.05) is 12.1 Å². The molecule has 0 aliphatic carbocycles. The van der Waals surface area contributed by atoms with Gasteiger partial charge in [0.25, 0.3) is 5.69 Å². The van der Waals surface area contributed by atoms with E-state index in [-0.39, 0.29) is 16.5 Å². The summed E-state index contributed by atoms with van der Waals surface area (Å²) < 4.78 is 10.5. The number of nitrogens with one attached hydrogen (secondary N) is 2. The molecule has 0 aliphatic rings. The van der Waals surface area contributed by atoms with Crippen LogP contribution in [0.5, 0.6) is 11.5 Å². The molecule has 0 aromatic heterocycles. The van der Waals surface area contributed by atoms with E-state index in [9.17, 15) is 10.1 Å². The Kier molecular flexibility index (Phi) is 6.45. The van der Waals surface area contributed by atoms with E-state index in [0.29, 0.717) is 17.2 Å². The SMILES string of the molecule is COc1ccc(/C(C)=N\NC(=S)Nc2ccccc2[N+](=O)[O-])cc1OC. The van der Waals surface area contributed by atoms with Crippen LogP contribution in [-0.4, -0.2) is 30.0 Å². The number of rotatable bonds is 6. The van der Waals surface area contributed by atoms with Gasteiger partial charge in [0.1, 0.15) is 5.69 Å². The normalized spacial score (nSPS) is 10.8. The Morgan fingerprint density at radius 2 is 1.85 bits per heavy atom. The Bertz CT molecular complexity index is 854. The van der Waals surface area contributed by atoms with Crippen LogP contribution in [0.3, 0.4) is 0 Å². The summed E-state index contributed by atoms with van der Waals surface area (Å²) in [6.45, 7) is 1.79. The molecule has 0 fully saturated rings. The lowest BCUT2D eigenvalue weighted by Crippen LogP contribution is -2.25. The number of methoxy groups -OCH3 is 2. The first kappa shape index (κ1) is 19.1. The summed E-state index contributed by atoms with van der Waals surface area (Å²) >= 11 is 5.14. The fourth-order valence-corrected chi connectivity index (χ4v) is 2.30. The van der Waals surface area contributed by atoms with Gasteiger partial charge in [0.15, 0.2) is 16.6 Å². The highest BCUT2D eigenvalue weighted by Crippen LogP contribution is 2.27. The Hall–Kier alpha value is -3.20. The van der Waals surface area contributed by atoms with E-state index in [1.165, 1.54) is 6.07 Å². The Balaban J connectivity index is 2.09. The molecule has 0 saturated heterocycles. The average Bonchev–Trinajstić information content (AvgIpc) is 2.65. The zero-order valence-electron chi connectivity index (χ0n) is 14.5. The van der Waals surface area contributed by atoms with E-state index in [4.69, 9.17) is 21.7 Å². The van der Waals surface area contributed by atoms with Gasteiger partial charge < -0.3 is 14.8 Å². The van der Waals surface area contributed by atoms with Gasteiger partial charge in [-0.3, -0.25) is 15.5 Å². The fraction of sp³-hybridized carbons (Fsp3) is 0.176. The topological polar surface area (TPSA) is 98.0 Å². The largest absolute Gasteiger partial charge is 0.493 e. The molecular formula is C17H18N4O4S. The molecule has 2 rings (SSSR count). The van der Waals surface area contributed by atoms with Gasteiger partial charge >= 0.3 is 0 Å². The molecule has 2 N–H and O–H groups in total. The van der Waals surface area contributed by atoms with E-state index in [0.717, 1.165) is 5.56 Å². The lowest BCUT2D eigenvalue weighted by atomic mass is 10.1. The maximum absolute atomic E-state index is 11.0. The summed E-state index contributed by atoms with van der Waals surface area (Å²) in [5.41, 5.74) is 4.35. The number of benzene rings is 2. The van der Waals surface area contributed by atoms with Crippen LogP contribution in [0.25, 0.3) is 0 Å². The molecule has 0 bridgehead atoms. The molecule has 0 amide bonds. The Morgan fingerprint density at radius 3 is 2.50 bits per heavy atom. The molecule has 0 spiro atoms. The van der Waals surface area contributed by atoms with E-state index >= 15 is 0 Å². The molecule has 0 saturated carbocycles. The lowest BCUT2D eigenvalue weighted by Gasteiger charge is -2.10. The van der Waals surface area contributed by atoms with E-state index in [1.807, 2.05) is 6.07 Å². The van der Waals surface area contributed by atoms with Gasteiger partial charge in [0, 0.05) is 11.6 Å². The summed E-state index contributed by atoms with van der Waals surface area (Å²) in [7, 11) is 3.12. The van der Waals surface area contributed by atoms with Crippen molar-refractivity contribution in [1.29, 1.82) is 0 Å². The molecule has 0 atom stereocenters. The highest BCUT2D eigenvalue weighted by molar-refractivity contribution is 7.80. The molecule has 2 aromatic carbocycles. The summed E-state index contributed by atoms with van der Waals surface area (Å²) in [6.07, 6.45) is 0. The predicted octanol–water partition coefficient (Wildman–Crippen LogP) is 3.32. The number of hydrazone groups is 1. The molecule has 0 aliphatic heterocycles. The number of hydrogen-bond acceptors (Lipinski definition) is 6. The highest BCUT2D eigenvalue weighted by atomic mass is 32.1. The van der Waals surface area contributed by atoms with Crippen LogP contribution < -0.4 is 20.2 Å². The quantitative estimate of drug-likeness (QED) is 0.346. The van der Waals surface area contributed by atoms with Gasteiger partial charge in [-0.15, -0.1) is 0 Å². The fourth-order valence-electron chi connectivity index (χ4n) is 2.15. The third kappa shape index (κ3) is 4.67. The van der Waals surface area contributed by atoms with Crippen molar-refractivity contribution < 1.29 is 14.4 Å². The van der Waals surface area contributed by atoms with Gasteiger partial charge in [-0.25, -0.2) is 0 Å². The van der Waals surface area contributed by atoms with Crippen molar-refractivity contribution in [2.24, 2.45) is 5.10 Å². The van der Waals surface area contributed by atoms with E-state index in [2.05, 4.69) is 15.8 Å². The van der Waals surface area contributed by atoms with Crippen LogP contribution in [0.2, 0.25) is 0 Å². The van der Waals surface area contributed by atoms with Crippen LogP contribution in [0.1, 0.15) is 12.5 Å². The van der Waals surface area contributed by atoms with Crippen molar-refractivity contribution in [3.8, 4) is 11.5 Å². The van der Waals surface area contributed by atoms with Crippen molar-refractivity contribution in [2.75, 3.05) is 19.5 Å². The van der Waals surface area contributed by atoms with Crippen LogP contribution in [0, 0.1) is 10.1 Å². The molecule has 136 valence electrons. The summed E-state index contributed by atoms with van der Waals surface area (Å²) in [4.78, 5) is 10.5. The number of thiocarbonyl (C=S) groups is 1. The maximum atomic E-state index is 11.0. The minimum Gasteiger partial charge on any atom is -0.493 e. The third-order valence-electron chi connectivity index (χ3n) is 3.48. The number of nitrogens with zero attached hydrogens (tertiary/aromatic N) is 2. The first-order valence-corrected chi connectivity index (χ1v) is 7.94. The highest BCUT2D eigenvalue weighted by Gasteiger charge is 2.13. The monoisotopic (exact) mass is 374 g/mol. The third-order valence-corrected chi connectivity index (χ3v) is 3.67. The summed E-state index contributed by atoms with van der Waals surface area (Å²) in [5.74, 6) is 1.20. The van der Waals surface area contributed by atoms with Crippen LogP contribution >= 0.6 is 12.2 Å². The zero-order chi connectivity index (χ0) is 19.1. The predicted molar refractivity (Wildman–Crippen MR) is 104 cm³/mol. The Labute approximate surface area is 156 Å². The minimum atomic E-state index is -0.483. The van der Waals surface area contributed by atoms with Gasteiger partial charge in [0.2, 0.25) is 0 Å². The van der Waals surface area contributed by atoms with Crippen molar-refractivity contribution in [3.05, 3.63) is 58.1 Å². The molecule has 26 heavy (non-hydrogen) atoms. The van der Waals surface area contributed by atoms with E-state index in [1.54, 1.807) is 51.5 Å². The van der Waals surface area contributed by atoms with Gasteiger partial charge in [0.05, 0.1) is 24.9 Å². The molecule has 0 unspecified atom stereocenters. The van der Waals surface area contributed by atoms with Crippen LogP contribution in [-0.2, 0) is 0 Å². The number of nitro benzene ring substituents is 1. The van der Waals surface area contributed by atoms with E-state index < -0.39 is 4.92 Å². The smallest absolute Gasteiger partial charge is 0.292 e. The second-order valence-electron chi connectivity index (χ2n) is 5.11. The van der Waals surface area contributed by atoms with Crippen LogP contribution in [0.4, 0.5) is 11.4 Å². The van der Waals surface area contributed by atoms with Crippen molar-refractivity contribution in [1.82, 2.24) is 5.43 Å². The van der Waals surface area contributed by atoms with Crippen molar-refractivity contribution in [2.45, 2.75) is 6.92 Å². The summed E-state index contributed by atoms with van der Waals surface area (Å²) in [6, 6.07) is 11.6. The number of anilines is 1. The first-order valence-electron chi connectivity index (χ1n) is 7.53. The number of hydrogen-bond donors (Lipinski definition) is 2. The second kappa shape index (κ2) is 8.77. The minimum absolute atomic E-state index is 0.0720. The molecule has 0 radical (unpaired) electrons. The number of nitro groups is 1. The zero-order valence-corrected chi connectivity index (χ0v) is 15.3. The standard InChI is InChI=1S/C17H18N4O4S/c1-11(12-8-9-15(24-2)16(10-12)25-3)19-20-17(26)18-13-6-4-5-7-14(13)21(22)23/h4-10H,1-3H3,(H2,18,20,26)/b19-11-. The lowest BCUT2D eigenvalue weighted by molar-refractivity contribution is -0.383. The molecular weight excluding hydrogens is 356 g/mol. The van der Waals surface area contributed by atoms with Gasteiger partial charge in [-0.2, -0.15) is 5.10 Å². The molecule has 2 aromatic rings. The second-order valence-corrected chi connectivity index (χ2v) is 5.52. The first-order chi connectivity index (χ1) is 12.5. The van der Waals surface area contributed by atoms with Gasteiger partial charge in [-0.05, 0) is 43.4 Å². The molecule has 8 nitrogen and oxygen atoms in total. The molecule has 0 heterocycles. The van der Waals surface area contributed by atoms with Crippen molar-refractivity contribution >= 4 is 34.4 Å². The van der Waals surface area contributed by atoms with Crippen molar-refractivity contribution in [3.63, 3.8) is 0 Å². The number of ether oxygens (including phenoxy) is 2. The number of para-hydroxylation sites is 2. The Morgan fingerprint density at radius 1 is 1.15 bits per heavy atom. The molecule has 9 heteroatoms.